The van der Waals surface area contributed by atoms with Crippen LogP contribution in [0.3, 0.4) is 0 Å². The highest BCUT2D eigenvalue weighted by molar-refractivity contribution is 6.24. The van der Waals surface area contributed by atoms with Gasteiger partial charge >= 0.3 is 0 Å². The van der Waals surface area contributed by atoms with Crippen molar-refractivity contribution in [2.75, 3.05) is 4.90 Å². The molecular formula is C50H33N. The number of fused-ring (bicyclic) bond motifs is 8. The molecule has 0 fully saturated rings. The molecular weight excluding hydrogens is 615 g/mol. The van der Waals surface area contributed by atoms with E-state index in [1.165, 1.54) is 76.1 Å². The lowest BCUT2D eigenvalue weighted by atomic mass is 9.92. The average Bonchev–Trinajstić information content (AvgIpc) is 3.21. The van der Waals surface area contributed by atoms with E-state index in [9.17, 15) is 0 Å². The fourth-order valence-electron chi connectivity index (χ4n) is 8.07. The molecule has 0 saturated carbocycles. The summed E-state index contributed by atoms with van der Waals surface area (Å²) in [5.74, 6) is 0. The minimum atomic E-state index is 1.11. The molecule has 1 heteroatoms. The zero-order valence-electron chi connectivity index (χ0n) is 28.0. The van der Waals surface area contributed by atoms with E-state index in [4.69, 9.17) is 0 Å². The Balaban J connectivity index is 1.23. The number of benzene rings is 10. The summed E-state index contributed by atoms with van der Waals surface area (Å²) >= 11 is 0. The summed E-state index contributed by atoms with van der Waals surface area (Å²) in [6.07, 6.45) is 0. The molecule has 1 nitrogen and oxygen atoms in total. The second kappa shape index (κ2) is 12.0. The Morgan fingerprint density at radius 1 is 0.275 bits per heavy atom. The molecule has 0 heterocycles. The van der Waals surface area contributed by atoms with Gasteiger partial charge in [-0.3, -0.25) is 0 Å². The number of anilines is 3. The molecule has 0 aliphatic heterocycles. The van der Waals surface area contributed by atoms with Crippen molar-refractivity contribution in [2.45, 2.75) is 0 Å². The lowest BCUT2D eigenvalue weighted by Gasteiger charge is -2.30. The summed E-state index contributed by atoms with van der Waals surface area (Å²) in [5.41, 5.74) is 8.22. The molecule has 0 atom stereocenters. The highest BCUT2D eigenvalue weighted by Crippen LogP contribution is 2.47. The van der Waals surface area contributed by atoms with Gasteiger partial charge in [0.05, 0.1) is 11.4 Å². The van der Waals surface area contributed by atoms with Crippen LogP contribution in [-0.4, -0.2) is 0 Å². The molecule has 0 aliphatic rings. The number of hydrogen-bond acceptors (Lipinski definition) is 1. The fraction of sp³-hybridized carbons (Fsp3) is 0. The molecule has 0 spiro atoms. The van der Waals surface area contributed by atoms with E-state index >= 15 is 0 Å². The Kier molecular flexibility index (Phi) is 6.89. The number of nitrogens with zero attached hydrogens (tertiary/aromatic N) is 1. The second-order valence-electron chi connectivity index (χ2n) is 13.3. The first-order valence-electron chi connectivity index (χ1n) is 17.6. The van der Waals surface area contributed by atoms with Crippen LogP contribution in [-0.2, 0) is 0 Å². The highest BCUT2D eigenvalue weighted by Gasteiger charge is 2.21. The summed E-state index contributed by atoms with van der Waals surface area (Å²) in [4.78, 5) is 2.46. The first-order chi connectivity index (χ1) is 25.3. The predicted octanol–water partition coefficient (Wildman–Crippen LogP) is 14.3. The summed E-state index contributed by atoms with van der Waals surface area (Å²) in [5, 5.41) is 12.6. The number of para-hydroxylation sites is 1. The van der Waals surface area contributed by atoms with Gasteiger partial charge in [-0.1, -0.05) is 170 Å². The predicted molar refractivity (Wildman–Crippen MR) is 220 cm³/mol. The smallest absolute Gasteiger partial charge is 0.0546 e. The van der Waals surface area contributed by atoms with Crippen LogP contribution >= 0.6 is 0 Å². The molecule has 238 valence electrons. The molecule has 0 aliphatic carbocycles. The van der Waals surface area contributed by atoms with Gasteiger partial charge in [-0.2, -0.15) is 0 Å². The summed E-state index contributed by atoms with van der Waals surface area (Å²) in [7, 11) is 0. The van der Waals surface area contributed by atoms with Crippen molar-refractivity contribution < 1.29 is 0 Å². The average molecular weight is 648 g/mol. The Hall–Kier alpha value is -6.70. The SMILES string of the molecule is c1ccc(-c2ccccc2N(c2ccc(-c3cc4ccccc4c4ccccc34)cc2)c2cc3ccc4ccccc4c3c3ccccc23)cc1. The monoisotopic (exact) mass is 647 g/mol. The van der Waals surface area contributed by atoms with Gasteiger partial charge in [-0.05, 0) is 95.5 Å². The minimum Gasteiger partial charge on any atom is -0.309 e. The number of hydrogen-bond donors (Lipinski definition) is 0. The van der Waals surface area contributed by atoms with E-state index in [2.05, 4.69) is 205 Å². The van der Waals surface area contributed by atoms with Crippen LogP contribution in [0.25, 0.3) is 76.1 Å². The molecule has 0 amide bonds. The maximum Gasteiger partial charge on any atom is 0.0546 e. The van der Waals surface area contributed by atoms with E-state index in [0.717, 1.165) is 17.1 Å². The highest BCUT2D eigenvalue weighted by atomic mass is 15.1. The van der Waals surface area contributed by atoms with Gasteiger partial charge in [0.2, 0.25) is 0 Å². The Morgan fingerprint density at radius 2 is 0.843 bits per heavy atom. The maximum absolute atomic E-state index is 2.46. The van der Waals surface area contributed by atoms with E-state index in [0.29, 0.717) is 0 Å². The molecule has 0 aromatic heterocycles. The first-order valence-corrected chi connectivity index (χ1v) is 17.6. The van der Waals surface area contributed by atoms with Crippen molar-refractivity contribution >= 4 is 70.9 Å². The zero-order chi connectivity index (χ0) is 33.7. The van der Waals surface area contributed by atoms with Crippen LogP contribution in [0.4, 0.5) is 17.1 Å². The van der Waals surface area contributed by atoms with Gasteiger partial charge < -0.3 is 4.90 Å². The molecule has 0 radical (unpaired) electrons. The minimum absolute atomic E-state index is 1.11. The first kappa shape index (κ1) is 29.2. The standard InChI is InChI=1S/C50H33N/c1-2-14-34(15-3-1)41-19-12-13-25-48(41)51(49-33-38-27-26-35-16-4-7-20-42(35)50(38)46-24-11-10-23-45(46)49)39-30-28-36(29-31-39)47-32-37-17-5-6-18-40(37)43-21-8-9-22-44(43)47/h1-33H. The second-order valence-corrected chi connectivity index (χ2v) is 13.3. The molecule has 10 rings (SSSR count). The van der Waals surface area contributed by atoms with Crippen molar-refractivity contribution in [3.05, 3.63) is 200 Å². The van der Waals surface area contributed by atoms with Gasteiger partial charge in [0, 0.05) is 16.6 Å². The lowest BCUT2D eigenvalue weighted by molar-refractivity contribution is 1.30. The van der Waals surface area contributed by atoms with E-state index in [1.54, 1.807) is 0 Å². The summed E-state index contributed by atoms with van der Waals surface area (Å²) in [6.45, 7) is 0. The number of rotatable bonds is 5. The third-order valence-corrected chi connectivity index (χ3v) is 10.4. The summed E-state index contributed by atoms with van der Waals surface area (Å²) < 4.78 is 0. The van der Waals surface area contributed by atoms with E-state index in [-0.39, 0.29) is 0 Å². The van der Waals surface area contributed by atoms with E-state index < -0.39 is 0 Å². The molecule has 51 heavy (non-hydrogen) atoms. The van der Waals surface area contributed by atoms with Crippen LogP contribution < -0.4 is 4.90 Å². The Labute approximate surface area is 297 Å². The largest absolute Gasteiger partial charge is 0.309 e. The molecule has 10 aromatic carbocycles. The van der Waals surface area contributed by atoms with Crippen LogP contribution in [0.1, 0.15) is 0 Å². The summed E-state index contributed by atoms with van der Waals surface area (Å²) in [6, 6.07) is 73.0. The lowest BCUT2D eigenvalue weighted by Crippen LogP contribution is -2.12. The zero-order valence-corrected chi connectivity index (χ0v) is 28.0. The van der Waals surface area contributed by atoms with Crippen molar-refractivity contribution in [1.82, 2.24) is 0 Å². The molecule has 0 N–H and O–H groups in total. The van der Waals surface area contributed by atoms with E-state index in [1.807, 2.05) is 0 Å². The Morgan fingerprint density at radius 3 is 1.65 bits per heavy atom. The van der Waals surface area contributed by atoms with Crippen LogP contribution in [0, 0.1) is 0 Å². The topological polar surface area (TPSA) is 3.24 Å². The molecule has 0 unspecified atom stereocenters. The van der Waals surface area contributed by atoms with Gasteiger partial charge in [-0.25, -0.2) is 0 Å². The van der Waals surface area contributed by atoms with Gasteiger partial charge in [-0.15, -0.1) is 0 Å². The van der Waals surface area contributed by atoms with Crippen molar-refractivity contribution in [3.63, 3.8) is 0 Å². The van der Waals surface area contributed by atoms with Crippen molar-refractivity contribution in [3.8, 4) is 22.3 Å². The van der Waals surface area contributed by atoms with Crippen molar-refractivity contribution in [2.24, 2.45) is 0 Å². The van der Waals surface area contributed by atoms with Crippen LogP contribution in [0.2, 0.25) is 0 Å². The molecule has 0 saturated heterocycles. The normalized spacial score (nSPS) is 11.5. The molecule has 10 aromatic rings. The van der Waals surface area contributed by atoms with Gasteiger partial charge in [0.25, 0.3) is 0 Å². The van der Waals surface area contributed by atoms with Crippen LogP contribution in [0.15, 0.2) is 200 Å². The fourth-order valence-corrected chi connectivity index (χ4v) is 8.07. The quantitative estimate of drug-likeness (QED) is 0.168. The third-order valence-electron chi connectivity index (χ3n) is 10.4. The molecule has 0 bridgehead atoms. The van der Waals surface area contributed by atoms with Gasteiger partial charge in [0.15, 0.2) is 0 Å². The third kappa shape index (κ3) is 4.86. The maximum atomic E-state index is 2.46. The van der Waals surface area contributed by atoms with Crippen LogP contribution in [0.5, 0.6) is 0 Å². The van der Waals surface area contributed by atoms with Crippen molar-refractivity contribution in [1.29, 1.82) is 0 Å². The Bertz CT molecular complexity index is 2900. The van der Waals surface area contributed by atoms with Gasteiger partial charge in [0.1, 0.15) is 0 Å².